The molecule has 6 heterocycles. The quantitative estimate of drug-likeness (QED) is 0.138. The first-order chi connectivity index (χ1) is 31.7. The molecule has 67 heavy (non-hydrogen) atoms. The fourth-order valence-corrected chi connectivity index (χ4v) is 10.3. The second kappa shape index (κ2) is 19.5. The molecule has 360 valence electrons. The molecule has 4 aromatic rings. The van der Waals surface area contributed by atoms with E-state index in [9.17, 15) is 29.1 Å². The zero-order valence-corrected chi connectivity index (χ0v) is 41.2. The van der Waals surface area contributed by atoms with Crippen molar-refractivity contribution in [2.75, 3.05) is 47.4 Å². The maximum atomic E-state index is 14.7. The second-order valence-corrected chi connectivity index (χ2v) is 20.3. The molecule has 3 aromatic heterocycles. The number of methoxy groups -OCH3 is 1. The zero-order chi connectivity index (χ0) is 48.7. The van der Waals surface area contributed by atoms with Gasteiger partial charge in [0.2, 0.25) is 17.5 Å². The van der Waals surface area contributed by atoms with Crippen molar-refractivity contribution < 1.29 is 38.6 Å². The van der Waals surface area contributed by atoms with E-state index in [1.165, 1.54) is 26.1 Å². The fourth-order valence-electron chi connectivity index (χ4n) is 9.45. The number of cyclic esters (lactones) is 1. The number of nitrogens with one attached hydrogen (secondary N) is 2. The van der Waals surface area contributed by atoms with Gasteiger partial charge in [-0.3, -0.25) is 24.4 Å². The van der Waals surface area contributed by atoms with Gasteiger partial charge < -0.3 is 39.2 Å². The highest BCUT2D eigenvalue weighted by molar-refractivity contribution is 7.10. The molecule has 0 spiro atoms. The molecule has 0 saturated carbocycles. The van der Waals surface area contributed by atoms with E-state index in [1.807, 2.05) is 52.1 Å². The Kier molecular flexibility index (Phi) is 14.3. The summed E-state index contributed by atoms with van der Waals surface area (Å²) in [6.07, 6.45) is 2.18. The third-order valence-electron chi connectivity index (χ3n) is 13.2. The number of carbonyl (C=O) groups excluding carboxylic acids is 5. The highest BCUT2D eigenvalue weighted by atomic mass is 32.1. The molecule has 4 atom stereocenters. The highest BCUT2D eigenvalue weighted by Crippen LogP contribution is 2.42. The molecule has 0 radical (unpaired) electrons. The monoisotopic (exact) mass is 939 g/mol. The molecule has 17 nitrogen and oxygen atoms in total. The van der Waals surface area contributed by atoms with E-state index in [4.69, 9.17) is 19.4 Å². The van der Waals surface area contributed by atoms with Crippen molar-refractivity contribution in [2.24, 2.45) is 11.3 Å². The van der Waals surface area contributed by atoms with Crippen LogP contribution in [0, 0.1) is 11.3 Å². The Hall–Kier alpha value is -5.69. The number of fused-ring (bicyclic) bond motifs is 6. The van der Waals surface area contributed by atoms with Gasteiger partial charge in [0.25, 0.3) is 5.91 Å². The molecule has 3 aliphatic heterocycles. The lowest BCUT2D eigenvalue weighted by Gasteiger charge is -2.45. The maximum absolute atomic E-state index is 14.7. The molecule has 0 aliphatic carbocycles. The number of pyridine rings is 1. The van der Waals surface area contributed by atoms with Gasteiger partial charge in [0.05, 0.1) is 40.8 Å². The van der Waals surface area contributed by atoms with Crippen LogP contribution < -0.4 is 10.7 Å². The summed E-state index contributed by atoms with van der Waals surface area (Å²) >= 11 is 1.35. The minimum atomic E-state index is -2.23. The van der Waals surface area contributed by atoms with E-state index >= 15 is 0 Å². The molecule has 2 fully saturated rings. The van der Waals surface area contributed by atoms with Crippen LogP contribution in [-0.4, -0.2) is 140 Å². The Morgan fingerprint density at radius 3 is 2.55 bits per heavy atom. The van der Waals surface area contributed by atoms with Crippen LogP contribution in [0.3, 0.4) is 0 Å². The van der Waals surface area contributed by atoms with Gasteiger partial charge in [0.1, 0.15) is 12.1 Å². The van der Waals surface area contributed by atoms with Crippen LogP contribution in [-0.2, 0) is 48.0 Å². The average Bonchev–Trinajstić information content (AvgIpc) is 3.87. The maximum Gasteiger partial charge on any atom is 0.355 e. The summed E-state index contributed by atoms with van der Waals surface area (Å²) in [5.74, 6) is -2.63. The Labute approximate surface area is 396 Å². The largest absolute Gasteiger partial charge is 0.462 e. The average molecular weight is 940 g/mol. The van der Waals surface area contributed by atoms with E-state index in [-0.39, 0.29) is 56.4 Å². The summed E-state index contributed by atoms with van der Waals surface area (Å²) in [7, 11) is 4.85. The number of carbonyl (C=O) groups is 5. The van der Waals surface area contributed by atoms with Crippen molar-refractivity contribution in [2.45, 2.75) is 111 Å². The smallest absolute Gasteiger partial charge is 0.355 e. The number of rotatable bonds is 10. The molecule has 7 rings (SSSR count). The van der Waals surface area contributed by atoms with Crippen LogP contribution in [0.4, 0.5) is 4.79 Å². The fraction of sp³-hybridized carbons (Fsp3) is 0.531. The first kappa shape index (κ1) is 49.2. The lowest BCUT2D eigenvalue weighted by Crippen LogP contribution is -2.67. The number of nitrogens with zero attached hydrogens (tertiary/aromatic N) is 7. The number of urea groups is 1. The van der Waals surface area contributed by atoms with Crippen molar-refractivity contribution in [1.82, 2.24) is 45.0 Å². The zero-order valence-electron chi connectivity index (χ0n) is 40.3. The van der Waals surface area contributed by atoms with Crippen molar-refractivity contribution in [3.05, 3.63) is 70.3 Å². The molecule has 1 aromatic carbocycles. The van der Waals surface area contributed by atoms with Crippen LogP contribution >= 0.6 is 11.3 Å². The molecule has 18 heteroatoms. The summed E-state index contributed by atoms with van der Waals surface area (Å²) in [6, 6.07) is 7.35. The normalized spacial score (nSPS) is 21.0. The number of aromatic nitrogens is 3. The van der Waals surface area contributed by atoms with Gasteiger partial charge in [0, 0.05) is 105 Å². The molecule has 0 unspecified atom stereocenters. The standard InChI is InChI=1S/C49H65N9O8S/c1-12-57-38-17-16-31-21-34(38)35(42(57)33-15-13-19-50-40(33)30(6)65-11)23-48(7,8)27-66-46(62)49(64)18-14-20-58(53-49)45(61)36(22-39-51-37(31)26-67-39)52-43(59)41(28(2)3)55(10)47(63)54(9)32-24-56(25-32)44(60)29(4)5/h13,15-17,19,21,26,28,30,32,36,41,53,64H,4,12,14,18,20,22-25,27H2,1-3,5-11H3,(H,52,59)/t30-,36-,41-,49-/m0/s1. The molecule has 6 bridgehead atoms. The number of hydrogen-bond donors (Lipinski definition) is 3. The highest BCUT2D eigenvalue weighted by Gasteiger charge is 2.46. The molecule has 3 aliphatic rings. The first-order valence-corrected chi connectivity index (χ1v) is 23.9. The molecular weight excluding hydrogens is 875 g/mol. The number of benzene rings is 1. The summed E-state index contributed by atoms with van der Waals surface area (Å²) in [4.78, 5) is 83.8. The number of esters is 1. The van der Waals surface area contributed by atoms with Crippen LogP contribution in [0.2, 0.25) is 0 Å². The summed E-state index contributed by atoms with van der Waals surface area (Å²) < 4.78 is 14.0. The van der Waals surface area contributed by atoms with Gasteiger partial charge in [-0.15, -0.1) is 11.3 Å². The van der Waals surface area contributed by atoms with E-state index in [0.29, 0.717) is 42.3 Å². The number of ether oxygens (including phenoxy) is 2. The second-order valence-electron chi connectivity index (χ2n) is 19.3. The minimum Gasteiger partial charge on any atom is -0.462 e. The Morgan fingerprint density at radius 1 is 1.15 bits per heavy atom. The van der Waals surface area contributed by atoms with E-state index < -0.39 is 47.0 Å². The number of likely N-dealkylation sites (N-methyl/N-ethyl adjacent to an activating group) is 2. The number of aryl methyl sites for hydroxylation is 1. The summed E-state index contributed by atoms with van der Waals surface area (Å²) in [5.41, 5.74) is 6.60. The SMILES string of the molecule is C=C(C)C(=O)N1CC(N(C)C(=O)N(C)[C@H](C(=O)N[C@H]2Cc3nc(cs3)-c3ccc4c(c3)c(c(-c3cccnc3[C@H](C)OC)n4CC)CC(C)(C)COC(=O)[C@@]3(O)CCCN(N3)C2=O)C(C)C)C1. The van der Waals surface area contributed by atoms with Crippen molar-refractivity contribution in [3.8, 4) is 22.5 Å². The van der Waals surface area contributed by atoms with Crippen molar-refractivity contribution in [3.63, 3.8) is 0 Å². The summed E-state index contributed by atoms with van der Waals surface area (Å²) in [6.45, 7) is 18.5. The van der Waals surface area contributed by atoms with Gasteiger partial charge >= 0.3 is 12.0 Å². The van der Waals surface area contributed by atoms with Gasteiger partial charge in [-0.05, 0) is 69.4 Å². The minimum absolute atomic E-state index is 0.0166. The van der Waals surface area contributed by atoms with Crippen LogP contribution in [0.1, 0.15) is 83.7 Å². The Balaban J connectivity index is 1.26. The lowest BCUT2D eigenvalue weighted by atomic mass is 9.84. The molecule has 2 saturated heterocycles. The molecule has 3 N–H and O–H groups in total. The molecule has 5 amide bonds. The number of likely N-dealkylation sites (tertiary alicyclic amines) is 1. The van der Waals surface area contributed by atoms with Crippen LogP contribution in [0.5, 0.6) is 0 Å². The number of hydrazine groups is 1. The number of amides is 5. The van der Waals surface area contributed by atoms with Gasteiger partial charge in [-0.1, -0.05) is 40.3 Å². The topological polar surface area (TPSA) is 192 Å². The first-order valence-electron chi connectivity index (χ1n) is 23.0. The van der Waals surface area contributed by atoms with E-state index in [2.05, 4.69) is 47.0 Å². The van der Waals surface area contributed by atoms with Gasteiger partial charge in [-0.25, -0.2) is 14.6 Å². The Bertz CT molecular complexity index is 2560. The predicted molar refractivity (Wildman–Crippen MR) is 255 cm³/mol. The number of hydrogen-bond acceptors (Lipinski definition) is 12. The van der Waals surface area contributed by atoms with Crippen LogP contribution in [0.25, 0.3) is 33.4 Å². The summed E-state index contributed by atoms with van der Waals surface area (Å²) in [5, 5.41) is 19.5. The van der Waals surface area contributed by atoms with Crippen molar-refractivity contribution in [1.29, 1.82) is 0 Å². The molecular formula is C49H65N9O8S. The third-order valence-corrected chi connectivity index (χ3v) is 14.1. The third kappa shape index (κ3) is 9.85. The van der Waals surface area contributed by atoms with E-state index in [1.54, 1.807) is 39.2 Å². The Morgan fingerprint density at radius 2 is 1.88 bits per heavy atom. The van der Waals surface area contributed by atoms with Gasteiger partial charge in [-0.2, -0.15) is 5.43 Å². The van der Waals surface area contributed by atoms with Crippen molar-refractivity contribution >= 4 is 52.0 Å². The number of aliphatic hydroxyl groups is 1. The predicted octanol–water partition coefficient (Wildman–Crippen LogP) is 5.32. The number of thiazole rings is 1. The van der Waals surface area contributed by atoms with E-state index in [0.717, 1.165) is 39.0 Å². The van der Waals surface area contributed by atoms with Crippen LogP contribution in [0.15, 0.2) is 54.1 Å². The van der Waals surface area contributed by atoms with Gasteiger partial charge in [0.15, 0.2) is 0 Å². The lowest BCUT2D eigenvalue weighted by molar-refractivity contribution is -0.189.